The number of anilines is 2. The van der Waals surface area contributed by atoms with E-state index in [1.807, 2.05) is 43.3 Å². The summed E-state index contributed by atoms with van der Waals surface area (Å²) >= 11 is 0. The van der Waals surface area contributed by atoms with Crippen molar-refractivity contribution in [2.24, 2.45) is 0 Å². The van der Waals surface area contributed by atoms with Crippen LogP contribution in [0.4, 0.5) is 15.8 Å². The molecule has 0 saturated carbocycles. The maximum atomic E-state index is 14.9. The molecule has 164 valence electrons. The van der Waals surface area contributed by atoms with Crippen LogP contribution in [0.2, 0.25) is 0 Å². The van der Waals surface area contributed by atoms with Crippen LogP contribution in [0.25, 0.3) is 22.3 Å². The minimum atomic E-state index is -3.50. The molecule has 0 aliphatic rings. The smallest absolute Gasteiger partial charge is 0.229 e. The fourth-order valence-corrected chi connectivity index (χ4v) is 3.84. The van der Waals surface area contributed by atoms with E-state index in [1.165, 1.54) is 19.2 Å². The maximum absolute atomic E-state index is 14.9. The van der Waals surface area contributed by atoms with Crippen LogP contribution in [0.3, 0.4) is 0 Å². The number of nitrogens with zero attached hydrogens (tertiary/aromatic N) is 1. The van der Waals surface area contributed by atoms with Gasteiger partial charge in [0.15, 0.2) is 0 Å². The molecule has 3 aromatic carbocycles. The molecule has 0 amide bonds. The van der Waals surface area contributed by atoms with Gasteiger partial charge in [0.05, 0.1) is 26.2 Å². The van der Waals surface area contributed by atoms with Crippen molar-refractivity contribution in [1.82, 2.24) is 0 Å². The van der Waals surface area contributed by atoms with Crippen LogP contribution in [0.15, 0.2) is 54.6 Å². The highest BCUT2D eigenvalue weighted by atomic mass is 32.2. The zero-order valence-electron chi connectivity index (χ0n) is 18.1. The molecule has 0 unspecified atom stereocenters. The fourth-order valence-electron chi connectivity index (χ4n) is 3.28. The Labute approximate surface area is 182 Å². The first-order valence-electron chi connectivity index (χ1n) is 9.44. The molecule has 0 bridgehead atoms. The number of ether oxygens (including phenoxy) is 2. The normalized spacial score (nSPS) is 11.2. The molecule has 3 rings (SSSR count). The Hall–Kier alpha value is -3.26. The summed E-state index contributed by atoms with van der Waals surface area (Å²) in [5.41, 5.74) is 3.72. The molecule has 0 saturated heterocycles. The number of nitrogens with one attached hydrogen (secondary N) is 1. The lowest BCUT2D eigenvalue weighted by molar-refractivity contribution is 0.405. The second-order valence-electron chi connectivity index (χ2n) is 7.26. The quantitative estimate of drug-likeness (QED) is 0.576. The number of methoxy groups -OCH3 is 2. The molecule has 0 aliphatic carbocycles. The summed E-state index contributed by atoms with van der Waals surface area (Å²) in [6, 6.07) is 15.6. The predicted octanol–water partition coefficient (Wildman–Crippen LogP) is 4.61. The lowest BCUT2D eigenvalue weighted by Gasteiger charge is -2.17. The summed E-state index contributed by atoms with van der Waals surface area (Å²) < 4.78 is 51.1. The Bertz CT molecular complexity index is 1190. The van der Waals surface area contributed by atoms with Gasteiger partial charge in [-0.25, -0.2) is 12.8 Å². The third-order valence-corrected chi connectivity index (χ3v) is 5.39. The highest BCUT2D eigenvalue weighted by molar-refractivity contribution is 7.92. The molecule has 0 fully saturated rings. The van der Waals surface area contributed by atoms with Gasteiger partial charge in [0.25, 0.3) is 0 Å². The highest BCUT2D eigenvalue weighted by Crippen LogP contribution is 2.42. The molecule has 0 radical (unpaired) electrons. The topological polar surface area (TPSA) is 67.9 Å². The Morgan fingerprint density at radius 1 is 0.839 bits per heavy atom. The van der Waals surface area contributed by atoms with E-state index >= 15 is 0 Å². The maximum Gasteiger partial charge on any atom is 0.229 e. The second-order valence-corrected chi connectivity index (χ2v) is 9.01. The SMILES string of the molecule is COc1cc(-c2ccc(NS(C)(=O)=O)cc2F)c(OC)cc1-c1ccc(N(C)C)cc1. The summed E-state index contributed by atoms with van der Waals surface area (Å²) in [5.74, 6) is 0.443. The van der Waals surface area contributed by atoms with Crippen molar-refractivity contribution in [3.8, 4) is 33.8 Å². The molecule has 0 aromatic heterocycles. The number of halogens is 1. The Morgan fingerprint density at radius 3 is 1.94 bits per heavy atom. The lowest BCUT2D eigenvalue weighted by atomic mass is 9.97. The van der Waals surface area contributed by atoms with Gasteiger partial charge >= 0.3 is 0 Å². The summed E-state index contributed by atoms with van der Waals surface area (Å²) in [4.78, 5) is 2.01. The van der Waals surface area contributed by atoms with Crippen molar-refractivity contribution < 1.29 is 22.3 Å². The molecule has 0 aliphatic heterocycles. The van der Waals surface area contributed by atoms with Crippen LogP contribution in [0.5, 0.6) is 11.5 Å². The molecule has 3 aromatic rings. The van der Waals surface area contributed by atoms with E-state index < -0.39 is 15.8 Å². The van der Waals surface area contributed by atoms with Gasteiger partial charge in [-0.15, -0.1) is 0 Å². The molecule has 8 heteroatoms. The summed E-state index contributed by atoms with van der Waals surface area (Å²) in [5, 5.41) is 0. The average molecular weight is 445 g/mol. The third kappa shape index (κ3) is 5.08. The summed E-state index contributed by atoms with van der Waals surface area (Å²) in [6.07, 6.45) is 1.01. The van der Waals surface area contributed by atoms with Crippen LogP contribution in [-0.4, -0.2) is 43.0 Å². The molecule has 6 nitrogen and oxygen atoms in total. The molecular formula is C23H25FN2O4S. The van der Waals surface area contributed by atoms with Crippen molar-refractivity contribution in [2.45, 2.75) is 0 Å². The molecule has 0 heterocycles. The average Bonchev–Trinajstić information content (AvgIpc) is 2.72. The van der Waals surface area contributed by atoms with Crippen LogP contribution < -0.4 is 19.1 Å². The Balaban J connectivity index is 2.08. The van der Waals surface area contributed by atoms with Gasteiger partial charge in [0.2, 0.25) is 10.0 Å². The Kier molecular flexibility index (Phi) is 6.40. The van der Waals surface area contributed by atoms with E-state index in [-0.39, 0.29) is 11.3 Å². The second kappa shape index (κ2) is 8.85. The molecule has 0 spiro atoms. The highest BCUT2D eigenvalue weighted by Gasteiger charge is 2.18. The van der Waals surface area contributed by atoms with E-state index in [2.05, 4.69) is 4.72 Å². The minimum Gasteiger partial charge on any atom is -0.496 e. The number of sulfonamides is 1. The first kappa shape index (κ1) is 22.4. The predicted molar refractivity (Wildman–Crippen MR) is 123 cm³/mol. The number of benzene rings is 3. The van der Waals surface area contributed by atoms with Crippen LogP contribution in [-0.2, 0) is 10.0 Å². The van der Waals surface area contributed by atoms with Crippen LogP contribution >= 0.6 is 0 Å². The number of hydrogen-bond acceptors (Lipinski definition) is 5. The van der Waals surface area contributed by atoms with Gasteiger partial charge < -0.3 is 14.4 Å². The first-order chi connectivity index (χ1) is 14.6. The van der Waals surface area contributed by atoms with Crippen molar-refractivity contribution >= 4 is 21.4 Å². The summed E-state index contributed by atoms with van der Waals surface area (Å²) in [7, 11) is 3.51. The van der Waals surface area contributed by atoms with Crippen molar-refractivity contribution in [1.29, 1.82) is 0 Å². The standard InChI is InChI=1S/C23H25FN2O4S/c1-26(2)17-9-6-15(7-10-17)19-13-23(30-4)20(14-22(19)29-3)18-11-8-16(12-21(18)24)25-31(5,27)28/h6-14,25H,1-5H3. The summed E-state index contributed by atoms with van der Waals surface area (Å²) in [6.45, 7) is 0. The lowest BCUT2D eigenvalue weighted by Crippen LogP contribution is -2.09. The van der Waals surface area contributed by atoms with Gasteiger partial charge in [-0.2, -0.15) is 0 Å². The van der Waals surface area contributed by atoms with Gasteiger partial charge in [-0.1, -0.05) is 12.1 Å². The third-order valence-electron chi connectivity index (χ3n) is 4.78. The van der Waals surface area contributed by atoms with E-state index in [0.717, 1.165) is 29.1 Å². The van der Waals surface area contributed by atoms with E-state index in [1.54, 1.807) is 19.2 Å². The minimum absolute atomic E-state index is 0.146. The zero-order valence-corrected chi connectivity index (χ0v) is 18.9. The molecule has 1 N–H and O–H groups in total. The largest absolute Gasteiger partial charge is 0.496 e. The number of rotatable bonds is 7. The van der Waals surface area contributed by atoms with Gasteiger partial charge in [-0.05, 0) is 48.0 Å². The van der Waals surface area contributed by atoms with E-state index in [9.17, 15) is 12.8 Å². The number of hydrogen-bond donors (Lipinski definition) is 1. The first-order valence-corrected chi connectivity index (χ1v) is 11.3. The van der Waals surface area contributed by atoms with E-state index in [4.69, 9.17) is 9.47 Å². The van der Waals surface area contributed by atoms with Gasteiger partial charge in [0.1, 0.15) is 17.3 Å². The molecule has 0 atom stereocenters. The monoisotopic (exact) mass is 444 g/mol. The van der Waals surface area contributed by atoms with Gasteiger partial charge in [-0.3, -0.25) is 4.72 Å². The van der Waals surface area contributed by atoms with Crippen LogP contribution in [0, 0.1) is 5.82 Å². The van der Waals surface area contributed by atoms with Crippen molar-refractivity contribution in [2.75, 3.05) is 44.2 Å². The van der Waals surface area contributed by atoms with Crippen molar-refractivity contribution in [3.63, 3.8) is 0 Å². The van der Waals surface area contributed by atoms with Crippen molar-refractivity contribution in [3.05, 3.63) is 60.4 Å². The van der Waals surface area contributed by atoms with Crippen LogP contribution in [0.1, 0.15) is 0 Å². The van der Waals surface area contributed by atoms with E-state index in [0.29, 0.717) is 17.1 Å². The zero-order chi connectivity index (χ0) is 22.8. The molecular weight excluding hydrogens is 419 g/mol. The molecule has 31 heavy (non-hydrogen) atoms. The van der Waals surface area contributed by atoms with Gasteiger partial charge in [0, 0.05) is 36.5 Å². The Morgan fingerprint density at radius 2 is 1.42 bits per heavy atom. The fraction of sp³-hybridized carbons (Fsp3) is 0.217.